The Bertz CT molecular complexity index is 638. The van der Waals surface area contributed by atoms with Crippen molar-refractivity contribution in [2.75, 3.05) is 12.8 Å². The third-order valence-corrected chi connectivity index (χ3v) is 6.44. The summed E-state index contributed by atoms with van der Waals surface area (Å²) in [5, 5.41) is 0.0147. The van der Waals surface area contributed by atoms with Gasteiger partial charge in [0.15, 0.2) is 0 Å². The monoisotopic (exact) mass is 352 g/mol. The molecular weight excluding hydrogens is 335 g/mol. The first-order chi connectivity index (χ1) is 9.59. The lowest BCUT2D eigenvalue weighted by atomic mass is 9.65. The average molecular weight is 353 g/mol. The molecule has 118 valence electrons. The summed E-state index contributed by atoms with van der Waals surface area (Å²) in [4.78, 5) is -0.142. The largest absolute Gasteiger partial charge is 0.399 e. The molecule has 21 heavy (non-hydrogen) atoms. The molecule has 0 spiro atoms. The van der Waals surface area contributed by atoms with Gasteiger partial charge in [0, 0.05) is 24.3 Å². The number of rotatable bonds is 4. The maximum atomic E-state index is 12.5. The predicted molar refractivity (Wildman–Crippen MR) is 84.2 cm³/mol. The lowest BCUT2D eigenvalue weighted by Gasteiger charge is -2.50. The number of nitrogens with one attached hydrogen (secondary N) is 1. The quantitative estimate of drug-likeness (QED) is 0.816. The number of nitrogen functional groups attached to an aromatic ring is 1. The van der Waals surface area contributed by atoms with E-state index in [0.29, 0.717) is 12.1 Å². The number of hydrogen-bond donors (Lipinski definition) is 2. The Labute approximate surface area is 134 Å². The van der Waals surface area contributed by atoms with Crippen molar-refractivity contribution in [2.45, 2.75) is 37.3 Å². The second-order valence-corrected chi connectivity index (χ2v) is 8.23. The van der Waals surface area contributed by atoms with Gasteiger partial charge in [-0.25, -0.2) is 13.1 Å². The van der Waals surface area contributed by atoms with Crippen LogP contribution in [0, 0.1) is 5.41 Å². The summed E-state index contributed by atoms with van der Waals surface area (Å²) in [6.07, 6.45) is 0.620. The van der Waals surface area contributed by atoms with E-state index < -0.39 is 10.0 Å². The molecule has 0 bridgehead atoms. The van der Waals surface area contributed by atoms with Crippen LogP contribution in [0.2, 0.25) is 10.0 Å². The second-order valence-electron chi connectivity index (χ2n) is 5.77. The van der Waals surface area contributed by atoms with Crippen LogP contribution >= 0.6 is 23.2 Å². The highest BCUT2D eigenvalue weighted by Crippen LogP contribution is 2.43. The first kappa shape index (κ1) is 16.8. The van der Waals surface area contributed by atoms with Gasteiger partial charge >= 0.3 is 0 Å². The van der Waals surface area contributed by atoms with Gasteiger partial charge in [0.1, 0.15) is 4.90 Å². The molecule has 1 saturated carbocycles. The molecule has 1 fully saturated rings. The average Bonchev–Trinajstić information content (AvgIpc) is 2.32. The zero-order chi connectivity index (χ0) is 16.0. The molecule has 2 unspecified atom stereocenters. The fourth-order valence-electron chi connectivity index (χ4n) is 2.57. The number of methoxy groups -OCH3 is 1. The third kappa shape index (κ3) is 3.00. The summed E-state index contributed by atoms with van der Waals surface area (Å²) >= 11 is 12.0. The number of sulfonamides is 1. The first-order valence-electron chi connectivity index (χ1n) is 6.39. The van der Waals surface area contributed by atoms with E-state index >= 15 is 0 Å². The molecule has 0 saturated heterocycles. The van der Waals surface area contributed by atoms with Crippen molar-refractivity contribution in [3.05, 3.63) is 22.2 Å². The van der Waals surface area contributed by atoms with E-state index in [9.17, 15) is 8.42 Å². The summed E-state index contributed by atoms with van der Waals surface area (Å²) in [5.41, 5.74) is 5.60. The van der Waals surface area contributed by atoms with E-state index in [0.717, 1.165) is 0 Å². The summed E-state index contributed by atoms with van der Waals surface area (Å²) in [5.74, 6) is 0. The Hall–Kier alpha value is -0.530. The van der Waals surface area contributed by atoms with E-state index in [1.165, 1.54) is 12.1 Å². The zero-order valence-corrected chi connectivity index (χ0v) is 14.3. The molecule has 0 aliphatic heterocycles. The van der Waals surface area contributed by atoms with Crippen molar-refractivity contribution < 1.29 is 13.2 Å². The van der Waals surface area contributed by atoms with Crippen molar-refractivity contribution in [3.63, 3.8) is 0 Å². The summed E-state index contributed by atoms with van der Waals surface area (Å²) in [7, 11) is -2.21. The van der Waals surface area contributed by atoms with Crippen LogP contribution in [0.15, 0.2) is 17.0 Å². The van der Waals surface area contributed by atoms with Gasteiger partial charge in [-0.05, 0) is 18.6 Å². The van der Waals surface area contributed by atoms with Crippen molar-refractivity contribution >= 4 is 38.9 Å². The molecule has 1 aromatic rings. The summed E-state index contributed by atoms with van der Waals surface area (Å²) < 4.78 is 33.0. The Balaban J connectivity index is 2.29. The molecule has 0 radical (unpaired) electrons. The Morgan fingerprint density at radius 1 is 1.33 bits per heavy atom. The molecule has 0 heterocycles. The molecule has 1 aliphatic carbocycles. The molecule has 0 amide bonds. The van der Waals surface area contributed by atoms with Crippen LogP contribution in [0.5, 0.6) is 0 Å². The van der Waals surface area contributed by atoms with Gasteiger partial charge in [-0.1, -0.05) is 37.0 Å². The highest BCUT2D eigenvalue weighted by Gasteiger charge is 2.50. The highest BCUT2D eigenvalue weighted by atomic mass is 35.5. The van der Waals surface area contributed by atoms with E-state index in [1.54, 1.807) is 7.11 Å². The molecule has 1 aromatic carbocycles. The number of hydrogen-bond acceptors (Lipinski definition) is 4. The number of ether oxygens (including phenoxy) is 1. The molecule has 5 nitrogen and oxygen atoms in total. The van der Waals surface area contributed by atoms with Gasteiger partial charge < -0.3 is 10.5 Å². The van der Waals surface area contributed by atoms with Gasteiger partial charge in [-0.3, -0.25) is 0 Å². The molecule has 8 heteroatoms. The molecule has 2 atom stereocenters. The van der Waals surface area contributed by atoms with E-state index in [2.05, 4.69) is 4.72 Å². The van der Waals surface area contributed by atoms with Gasteiger partial charge in [0.2, 0.25) is 10.0 Å². The maximum absolute atomic E-state index is 12.5. The zero-order valence-electron chi connectivity index (χ0n) is 12.0. The minimum atomic E-state index is -3.83. The fourth-order valence-corrected chi connectivity index (χ4v) is 5.20. The minimum absolute atomic E-state index is 0.00733. The van der Waals surface area contributed by atoms with Crippen molar-refractivity contribution in [1.29, 1.82) is 0 Å². The van der Waals surface area contributed by atoms with E-state index in [-0.39, 0.29) is 32.5 Å². The summed E-state index contributed by atoms with van der Waals surface area (Å²) in [6.45, 7) is 3.90. The van der Waals surface area contributed by atoms with Gasteiger partial charge in [-0.2, -0.15) is 0 Å². The lowest BCUT2D eigenvalue weighted by molar-refractivity contribution is -0.0908. The molecule has 3 N–H and O–H groups in total. The Kier molecular flexibility index (Phi) is 4.48. The first-order valence-corrected chi connectivity index (χ1v) is 8.63. The smallest absolute Gasteiger partial charge is 0.243 e. The third-order valence-electron chi connectivity index (χ3n) is 4.05. The van der Waals surface area contributed by atoms with E-state index in [1.807, 2.05) is 13.8 Å². The topological polar surface area (TPSA) is 81.4 Å². The number of benzene rings is 1. The van der Waals surface area contributed by atoms with Gasteiger partial charge in [0.05, 0.1) is 16.1 Å². The van der Waals surface area contributed by atoms with Crippen molar-refractivity contribution in [2.24, 2.45) is 5.41 Å². The normalized spacial score (nSPS) is 24.6. The maximum Gasteiger partial charge on any atom is 0.243 e. The predicted octanol–water partition coefficient (Wildman–Crippen LogP) is 2.67. The van der Waals surface area contributed by atoms with Crippen molar-refractivity contribution in [1.82, 2.24) is 4.72 Å². The molecule has 0 aromatic heterocycles. The molecule has 2 rings (SSSR count). The minimum Gasteiger partial charge on any atom is -0.399 e. The van der Waals surface area contributed by atoms with Crippen LogP contribution in [0.1, 0.15) is 20.3 Å². The number of anilines is 1. The van der Waals surface area contributed by atoms with Gasteiger partial charge in [0.25, 0.3) is 0 Å². The fraction of sp³-hybridized carbons (Fsp3) is 0.538. The SMILES string of the molecule is COC1CC(NS(=O)(=O)c2c(Cl)cc(N)cc2Cl)C1(C)C. The van der Waals surface area contributed by atoms with Crippen LogP contribution in [-0.2, 0) is 14.8 Å². The summed E-state index contributed by atoms with van der Waals surface area (Å²) in [6, 6.07) is 2.50. The highest BCUT2D eigenvalue weighted by molar-refractivity contribution is 7.89. The standard InChI is InChI=1S/C13H18Cl2N2O3S/c1-13(2)10(6-11(13)20-3)17-21(18,19)12-8(14)4-7(16)5-9(12)15/h4-5,10-11,17H,6,16H2,1-3H3. The van der Waals surface area contributed by atoms with Crippen LogP contribution in [0.25, 0.3) is 0 Å². The molecular formula is C13H18Cl2N2O3S. The van der Waals surface area contributed by atoms with Crippen LogP contribution < -0.4 is 10.5 Å². The Morgan fingerprint density at radius 2 is 1.86 bits per heavy atom. The second kappa shape index (κ2) is 5.59. The van der Waals surface area contributed by atoms with Crippen LogP contribution in [-0.4, -0.2) is 27.7 Å². The van der Waals surface area contributed by atoms with Crippen LogP contribution in [0.3, 0.4) is 0 Å². The van der Waals surface area contributed by atoms with Crippen molar-refractivity contribution in [3.8, 4) is 0 Å². The van der Waals surface area contributed by atoms with Crippen LogP contribution in [0.4, 0.5) is 5.69 Å². The van der Waals surface area contributed by atoms with E-state index in [4.69, 9.17) is 33.7 Å². The van der Waals surface area contributed by atoms with Gasteiger partial charge in [-0.15, -0.1) is 0 Å². The lowest BCUT2D eigenvalue weighted by Crippen LogP contribution is -2.61. The number of halogens is 2. The Morgan fingerprint density at radius 3 is 2.29 bits per heavy atom. The molecule has 1 aliphatic rings. The number of nitrogens with two attached hydrogens (primary N) is 1.